The number of Topliss-reactive ketones (excluding diaryl/α,β-unsaturated/α-hetero) is 2. The Morgan fingerprint density at radius 1 is 0.486 bits per heavy atom. The Kier molecular flexibility index (Phi) is 7.05. The number of para-hydroxylation sites is 1. The van der Waals surface area contributed by atoms with Crippen molar-refractivity contribution >= 4 is 11.6 Å². The van der Waals surface area contributed by atoms with Crippen molar-refractivity contribution in [3.63, 3.8) is 0 Å². The Hall–Kier alpha value is -4.76. The first-order valence-electron chi connectivity index (χ1n) is 12.2. The van der Waals surface area contributed by atoms with Crippen molar-refractivity contribution in [2.24, 2.45) is 0 Å². The minimum Gasteiger partial charge on any atom is -0.457 e. The van der Waals surface area contributed by atoms with Gasteiger partial charge in [-0.25, -0.2) is 0 Å². The van der Waals surface area contributed by atoms with E-state index >= 15 is 0 Å². The van der Waals surface area contributed by atoms with Gasteiger partial charge in [-0.1, -0.05) is 121 Å². The van der Waals surface area contributed by atoms with Crippen LogP contribution in [0.5, 0.6) is 11.5 Å². The molecule has 5 rings (SSSR count). The largest absolute Gasteiger partial charge is 0.457 e. The Balaban J connectivity index is 1.64. The third kappa shape index (κ3) is 5.12. The summed E-state index contributed by atoms with van der Waals surface area (Å²) in [5.74, 6) is 1.15. The topological polar surface area (TPSA) is 43.4 Å². The second-order valence-electron chi connectivity index (χ2n) is 8.87. The molecular formula is C34H26O3. The van der Waals surface area contributed by atoms with Gasteiger partial charge < -0.3 is 4.74 Å². The molecule has 5 aromatic carbocycles. The van der Waals surface area contributed by atoms with Gasteiger partial charge in [0.1, 0.15) is 11.5 Å². The van der Waals surface area contributed by atoms with Crippen molar-refractivity contribution in [3.8, 4) is 11.5 Å². The molecule has 0 aromatic heterocycles. The van der Waals surface area contributed by atoms with Gasteiger partial charge in [0.25, 0.3) is 0 Å². The van der Waals surface area contributed by atoms with Gasteiger partial charge in [-0.05, 0) is 35.4 Å². The maximum absolute atomic E-state index is 14.4. The van der Waals surface area contributed by atoms with Crippen LogP contribution in [0.1, 0.15) is 38.3 Å². The van der Waals surface area contributed by atoms with Crippen LogP contribution >= 0.6 is 0 Å². The summed E-state index contributed by atoms with van der Waals surface area (Å²) in [6.45, 7) is 0. The summed E-state index contributed by atoms with van der Waals surface area (Å²) in [7, 11) is 0. The van der Waals surface area contributed by atoms with Gasteiger partial charge in [0.2, 0.25) is 0 Å². The Morgan fingerprint density at radius 2 is 0.919 bits per heavy atom. The fraction of sp³-hybridized carbons (Fsp3) is 0.0588. The number of carbonyl (C=O) groups excluding carboxylic acids is 2. The highest BCUT2D eigenvalue weighted by molar-refractivity contribution is 6.11. The number of ether oxygens (including phenoxy) is 1. The summed E-state index contributed by atoms with van der Waals surface area (Å²) in [4.78, 5) is 28.1. The summed E-state index contributed by atoms with van der Waals surface area (Å²) in [5, 5.41) is 0. The molecule has 0 aliphatic rings. The number of hydrogen-bond acceptors (Lipinski definition) is 3. The first-order valence-corrected chi connectivity index (χ1v) is 12.2. The normalized spacial score (nSPS) is 12.3. The van der Waals surface area contributed by atoms with Crippen molar-refractivity contribution < 1.29 is 14.3 Å². The molecule has 0 spiro atoms. The van der Waals surface area contributed by atoms with Crippen molar-refractivity contribution in [2.45, 2.75) is 11.8 Å². The molecule has 0 aliphatic carbocycles. The molecule has 0 aliphatic heterocycles. The molecule has 3 heteroatoms. The van der Waals surface area contributed by atoms with Crippen molar-refractivity contribution in [2.75, 3.05) is 0 Å². The van der Waals surface area contributed by atoms with Crippen molar-refractivity contribution in [3.05, 3.63) is 168 Å². The average Bonchev–Trinajstić information content (AvgIpc) is 2.98. The lowest BCUT2D eigenvalue weighted by atomic mass is 9.66. The smallest absolute Gasteiger partial charge is 0.178 e. The molecule has 0 bridgehead atoms. The fourth-order valence-corrected chi connectivity index (χ4v) is 4.67. The van der Waals surface area contributed by atoms with Crippen LogP contribution in [0.15, 0.2) is 146 Å². The quantitative estimate of drug-likeness (QED) is 0.200. The van der Waals surface area contributed by atoms with E-state index in [0.717, 1.165) is 16.9 Å². The zero-order valence-corrected chi connectivity index (χ0v) is 20.3. The summed E-state index contributed by atoms with van der Waals surface area (Å²) in [5.41, 5.74) is 1.41. The zero-order chi connectivity index (χ0) is 25.5. The van der Waals surface area contributed by atoms with E-state index in [-0.39, 0.29) is 18.0 Å². The van der Waals surface area contributed by atoms with E-state index in [2.05, 4.69) is 0 Å². The molecule has 0 radical (unpaired) electrons. The fourth-order valence-electron chi connectivity index (χ4n) is 4.67. The molecule has 0 amide bonds. The molecule has 1 unspecified atom stereocenters. The predicted molar refractivity (Wildman–Crippen MR) is 146 cm³/mol. The molecule has 0 saturated carbocycles. The van der Waals surface area contributed by atoms with Crippen LogP contribution in [0.4, 0.5) is 0 Å². The molecular weight excluding hydrogens is 456 g/mol. The van der Waals surface area contributed by atoms with Gasteiger partial charge in [0, 0.05) is 17.5 Å². The average molecular weight is 483 g/mol. The van der Waals surface area contributed by atoms with Crippen LogP contribution in [0.2, 0.25) is 0 Å². The van der Waals surface area contributed by atoms with Gasteiger partial charge in [-0.3, -0.25) is 9.59 Å². The monoisotopic (exact) mass is 482 g/mol. The Bertz CT molecular complexity index is 1460. The summed E-state index contributed by atoms with van der Waals surface area (Å²) >= 11 is 0. The second-order valence-corrected chi connectivity index (χ2v) is 8.87. The highest BCUT2D eigenvalue weighted by Gasteiger charge is 2.44. The lowest BCUT2D eigenvalue weighted by Gasteiger charge is -2.33. The molecule has 37 heavy (non-hydrogen) atoms. The highest BCUT2D eigenvalue weighted by atomic mass is 16.5. The van der Waals surface area contributed by atoms with E-state index < -0.39 is 5.41 Å². The zero-order valence-electron chi connectivity index (χ0n) is 20.3. The van der Waals surface area contributed by atoms with Gasteiger partial charge in [-0.15, -0.1) is 0 Å². The molecule has 5 aromatic rings. The van der Waals surface area contributed by atoms with Crippen LogP contribution in [-0.4, -0.2) is 11.6 Å². The third-order valence-corrected chi connectivity index (χ3v) is 6.54. The van der Waals surface area contributed by atoms with E-state index in [0.29, 0.717) is 16.9 Å². The van der Waals surface area contributed by atoms with Crippen LogP contribution in [0.3, 0.4) is 0 Å². The predicted octanol–water partition coefficient (Wildman–Crippen LogP) is 7.92. The van der Waals surface area contributed by atoms with E-state index in [9.17, 15) is 9.59 Å². The molecule has 0 saturated heterocycles. The lowest BCUT2D eigenvalue weighted by Crippen LogP contribution is -2.39. The summed E-state index contributed by atoms with van der Waals surface area (Å²) in [6, 6.07) is 44.9. The second kappa shape index (κ2) is 10.9. The van der Waals surface area contributed by atoms with Gasteiger partial charge in [-0.2, -0.15) is 0 Å². The maximum atomic E-state index is 14.4. The number of hydrogen-bond donors (Lipinski definition) is 0. The molecule has 0 N–H and O–H groups in total. The van der Waals surface area contributed by atoms with Crippen molar-refractivity contribution in [1.29, 1.82) is 0 Å². The number of carbonyl (C=O) groups is 2. The van der Waals surface area contributed by atoms with Crippen molar-refractivity contribution in [1.82, 2.24) is 0 Å². The van der Waals surface area contributed by atoms with E-state index in [1.165, 1.54) is 0 Å². The van der Waals surface area contributed by atoms with E-state index in [1.807, 2.05) is 121 Å². The minimum atomic E-state index is -1.22. The SMILES string of the molecule is O=C(CC(C(=O)c1ccccc1)(c1ccccc1)c1ccc(Oc2ccccc2)cc1)c1ccccc1. The Morgan fingerprint density at radius 3 is 1.49 bits per heavy atom. The number of rotatable bonds is 9. The van der Waals surface area contributed by atoms with Crippen LogP contribution in [0.25, 0.3) is 0 Å². The standard InChI is InChI=1S/C34H26O3/c35-32(26-13-5-1-6-14-26)25-34(28-17-9-3-10-18-28,33(36)27-15-7-2-8-16-27)29-21-23-31(24-22-29)37-30-19-11-4-12-20-30/h1-24H,25H2. The molecule has 180 valence electrons. The number of ketones is 2. The van der Waals surface area contributed by atoms with Crippen LogP contribution in [0, 0.1) is 0 Å². The summed E-state index contributed by atoms with van der Waals surface area (Å²) in [6.07, 6.45) is -0.00631. The highest BCUT2D eigenvalue weighted by Crippen LogP contribution is 2.41. The molecule has 3 nitrogen and oxygen atoms in total. The van der Waals surface area contributed by atoms with E-state index in [1.54, 1.807) is 24.3 Å². The minimum absolute atomic E-state index is 0.00631. The van der Waals surface area contributed by atoms with Gasteiger partial charge in [0.15, 0.2) is 11.6 Å². The number of benzene rings is 5. The summed E-state index contributed by atoms with van der Waals surface area (Å²) < 4.78 is 6.00. The molecule has 1 atom stereocenters. The van der Waals surface area contributed by atoms with E-state index in [4.69, 9.17) is 4.74 Å². The van der Waals surface area contributed by atoms with Crippen LogP contribution in [-0.2, 0) is 5.41 Å². The lowest BCUT2D eigenvalue weighted by molar-refractivity contribution is 0.0843. The first-order chi connectivity index (χ1) is 18.2. The first kappa shape index (κ1) is 24.0. The third-order valence-electron chi connectivity index (χ3n) is 6.54. The van der Waals surface area contributed by atoms with Gasteiger partial charge >= 0.3 is 0 Å². The molecule has 0 fully saturated rings. The maximum Gasteiger partial charge on any atom is 0.178 e. The Labute approximate surface area is 217 Å². The van der Waals surface area contributed by atoms with Gasteiger partial charge in [0.05, 0.1) is 5.41 Å². The molecule has 0 heterocycles. The van der Waals surface area contributed by atoms with Crippen LogP contribution < -0.4 is 4.74 Å².